The molecule has 28 heavy (non-hydrogen) atoms. The van der Waals surface area contributed by atoms with E-state index in [9.17, 15) is 9.18 Å². The molecule has 0 radical (unpaired) electrons. The molecule has 0 bridgehead atoms. The molecular weight excluding hydrogens is 373 g/mol. The van der Waals surface area contributed by atoms with Crippen LogP contribution in [0.25, 0.3) is 0 Å². The van der Waals surface area contributed by atoms with Crippen LogP contribution < -0.4 is 5.32 Å². The summed E-state index contributed by atoms with van der Waals surface area (Å²) in [6.07, 6.45) is 1.77. The van der Waals surface area contributed by atoms with E-state index in [0.717, 1.165) is 27.6 Å². The standard InChI is InChI=1S/C22H22FN3OS/c1-2-26(15-17-7-5-9-19(23)13-17)22(27)25-20-10-6-8-18(14-20)16-28-21-11-3-4-12-24-21/h3-14H,2,15-16H2,1H3,(H,25,27). The van der Waals surface area contributed by atoms with Crippen LogP contribution in [0.4, 0.5) is 14.9 Å². The molecule has 3 rings (SSSR count). The smallest absolute Gasteiger partial charge is 0.320 e. The lowest BCUT2D eigenvalue weighted by Crippen LogP contribution is -2.34. The second-order valence-corrected chi connectivity index (χ2v) is 7.23. The monoisotopic (exact) mass is 395 g/mol. The highest BCUT2D eigenvalue weighted by Crippen LogP contribution is 2.22. The number of urea groups is 1. The van der Waals surface area contributed by atoms with Crippen molar-refractivity contribution in [1.29, 1.82) is 0 Å². The molecule has 0 atom stereocenters. The molecule has 0 saturated carbocycles. The predicted octanol–water partition coefficient (Wildman–Crippen LogP) is 5.57. The van der Waals surface area contributed by atoms with Gasteiger partial charge < -0.3 is 10.2 Å². The van der Waals surface area contributed by atoms with Crippen molar-refractivity contribution in [3.63, 3.8) is 0 Å². The molecule has 0 spiro atoms. The molecule has 4 nitrogen and oxygen atoms in total. The molecule has 2 aromatic carbocycles. The minimum absolute atomic E-state index is 0.207. The third kappa shape index (κ3) is 5.82. The molecule has 1 aromatic heterocycles. The number of hydrogen-bond acceptors (Lipinski definition) is 3. The summed E-state index contributed by atoms with van der Waals surface area (Å²) in [6, 6.07) is 19.7. The lowest BCUT2D eigenvalue weighted by Gasteiger charge is -2.21. The first-order valence-corrected chi connectivity index (χ1v) is 10.1. The number of anilines is 1. The maximum Gasteiger partial charge on any atom is 0.322 e. The second kappa shape index (κ2) is 9.90. The fourth-order valence-corrected chi connectivity index (χ4v) is 3.52. The SMILES string of the molecule is CCN(Cc1cccc(F)c1)C(=O)Nc1cccc(CSc2ccccn2)c1. The van der Waals surface area contributed by atoms with Crippen LogP contribution in [-0.2, 0) is 12.3 Å². The van der Waals surface area contributed by atoms with Crippen LogP contribution in [0.2, 0.25) is 0 Å². The Kier molecular flexibility index (Phi) is 7.03. The first-order chi connectivity index (χ1) is 13.6. The van der Waals surface area contributed by atoms with E-state index in [1.54, 1.807) is 28.9 Å². The van der Waals surface area contributed by atoms with E-state index in [-0.39, 0.29) is 11.8 Å². The molecule has 0 aliphatic carbocycles. The van der Waals surface area contributed by atoms with Crippen molar-refractivity contribution >= 4 is 23.5 Å². The van der Waals surface area contributed by atoms with Crippen molar-refractivity contribution < 1.29 is 9.18 Å². The van der Waals surface area contributed by atoms with Crippen LogP contribution in [0.5, 0.6) is 0 Å². The molecule has 3 aromatic rings. The summed E-state index contributed by atoms with van der Waals surface area (Å²) in [5, 5.41) is 3.90. The number of halogens is 1. The maximum atomic E-state index is 13.4. The quantitative estimate of drug-likeness (QED) is 0.532. The molecule has 2 amide bonds. The van der Waals surface area contributed by atoms with Gasteiger partial charge in [-0.1, -0.05) is 30.3 Å². The summed E-state index contributed by atoms with van der Waals surface area (Å²) in [5.41, 5.74) is 2.60. The third-order valence-corrected chi connectivity index (χ3v) is 5.15. The van der Waals surface area contributed by atoms with Gasteiger partial charge in [-0.15, -0.1) is 11.8 Å². The van der Waals surface area contributed by atoms with Gasteiger partial charge in [-0.2, -0.15) is 0 Å². The van der Waals surface area contributed by atoms with Crippen LogP contribution in [0.3, 0.4) is 0 Å². The number of hydrogen-bond donors (Lipinski definition) is 1. The molecule has 0 aliphatic rings. The zero-order chi connectivity index (χ0) is 19.8. The number of carbonyl (C=O) groups excluding carboxylic acids is 1. The molecular formula is C22H22FN3OS. The molecule has 0 unspecified atom stereocenters. The number of rotatable bonds is 7. The van der Waals surface area contributed by atoms with E-state index in [2.05, 4.69) is 10.3 Å². The topological polar surface area (TPSA) is 45.2 Å². The molecule has 0 fully saturated rings. The van der Waals surface area contributed by atoms with Crippen LogP contribution in [0.1, 0.15) is 18.1 Å². The highest BCUT2D eigenvalue weighted by molar-refractivity contribution is 7.98. The summed E-state index contributed by atoms with van der Waals surface area (Å²) in [6.45, 7) is 2.78. The molecule has 6 heteroatoms. The van der Waals surface area contributed by atoms with E-state index >= 15 is 0 Å². The van der Waals surface area contributed by atoms with Crippen molar-refractivity contribution in [2.75, 3.05) is 11.9 Å². The van der Waals surface area contributed by atoms with Gasteiger partial charge in [-0.05, 0) is 54.4 Å². The highest BCUT2D eigenvalue weighted by atomic mass is 32.2. The van der Waals surface area contributed by atoms with Crippen LogP contribution in [0.15, 0.2) is 78.0 Å². The van der Waals surface area contributed by atoms with Gasteiger partial charge in [-0.3, -0.25) is 0 Å². The Morgan fingerprint density at radius 2 is 1.89 bits per heavy atom. The summed E-state index contributed by atoms with van der Waals surface area (Å²) in [4.78, 5) is 18.6. The van der Waals surface area contributed by atoms with Gasteiger partial charge in [-0.25, -0.2) is 14.2 Å². The highest BCUT2D eigenvalue weighted by Gasteiger charge is 2.13. The summed E-state index contributed by atoms with van der Waals surface area (Å²) in [5.74, 6) is 0.466. The fourth-order valence-electron chi connectivity index (χ4n) is 2.71. The number of nitrogens with one attached hydrogen (secondary N) is 1. The molecule has 1 N–H and O–H groups in total. The van der Waals surface area contributed by atoms with Gasteiger partial charge in [0.25, 0.3) is 0 Å². The fraction of sp³-hybridized carbons (Fsp3) is 0.182. The first-order valence-electron chi connectivity index (χ1n) is 9.07. The Hall–Kier alpha value is -2.86. The minimum Gasteiger partial charge on any atom is -0.320 e. The normalized spacial score (nSPS) is 10.5. The van der Waals surface area contributed by atoms with Gasteiger partial charge >= 0.3 is 6.03 Å². The van der Waals surface area contributed by atoms with Crippen LogP contribution in [-0.4, -0.2) is 22.5 Å². The zero-order valence-corrected chi connectivity index (χ0v) is 16.5. The van der Waals surface area contributed by atoms with E-state index in [4.69, 9.17) is 0 Å². The van der Waals surface area contributed by atoms with Crippen LogP contribution >= 0.6 is 11.8 Å². The maximum absolute atomic E-state index is 13.4. The summed E-state index contributed by atoms with van der Waals surface area (Å²) >= 11 is 1.65. The average molecular weight is 396 g/mol. The number of carbonyl (C=O) groups is 1. The Balaban J connectivity index is 1.61. The minimum atomic E-state index is -0.299. The van der Waals surface area contributed by atoms with E-state index < -0.39 is 0 Å². The summed E-state index contributed by atoms with van der Waals surface area (Å²) in [7, 11) is 0. The summed E-state index contributed by atoms with van der Waals surface area (Å²) < 4.78 is 13.4. The van der Waals surface area contributed by atoms with Gasteiger partial charge in [0, 0.05) is 30.7 Å². The molecule has 144 valence electrons. The third-order valence-electron chi connectivity index (χ3n) is 4.13. The predicted molar refractivity (Wildman–Crippen MR) is 112 cm³/mol. The Bertz CT molecular complexity index is 920. The Morgan fingerprint density at radius 3 is 2.64 bits per heavy atom. The van der Waals surface area contributed by atoms with Crippen molar-refractivity contribution in [1.82, 2.24) is 9.88 Å². The van der Waals surface area contributed by atoms with Crippen LogP contribution in [0, 0.1) is 5.82 Å². The second-order valence-electron chi connectivity index (χ2n) is 6.23. The van der Waals surface area contributed by atoms with Crippen molar-refractivity contribution in [3.05, 3.63) is 89.9 Å². The van der Waals surface area contributed by atoms with Gasteiger partial charge in [0.05, 0.1) is 5.03 Å². The number of pyridine rings is 1. The number of benzene rings is 2. The number of aromatic nitrogens is 1. The number of amides is 2. The Labute approximate surface area is 168 Å². The number of nitrogens with zero attached hydrogens (tertiary/aromatic N) is 2. The molecule has 0 saturated heterocycles. The lowest BCUT2D eigenvalue weighted by atomic mass is 10.2. The van der Waals surface area contributed by atoms with Crippen molar-refractivity contribution in [2.24, 2.45) is 0 Å². The van der Waals surface area contributed by atoms with E-state index in [1.807, 2.05) is 55.5 Å². The average Bonchev–Trinajstić information content (AvgIpc) is 2.71. The Morgan fingerprint density at radius 1 is 1.07 bits per heavy atom. The van der Waals surface area contributed by atoms with Crippen molar-refractivity contribution in [3.8, 4) is 0 Å². The van der Waals surface area contributed by atoms with Gasteiger partial charge in [0.2, 0.25) is 0 Å². The largest absolute Gasteiger partial charge is 0.322 e. The number of thioether (sulfide) groups is 1. The van der Waals surface area contributed by atoms with Gasteiger partial charge in [0.15, 0.2) is 0 Å². The molecule has 0 aliphatic heterocycles. The van der Waals surface area contributed by atoms with Crippen molar-refractivity contribution in [2.45, 2.75) is 24.2 Å². The lowest BCUT2D eigenvalue weighted by molar-refractivity contribution is 0.212. The zero-order valence-electron chi connectivity index (χ0n) is 15.6. The first kappa shape index (κ1) is 19.9. The van der Waals surface area contributed by atoms with Gasteiger partial charge in [0.1, 0.15) is 5.82 Å². The molecule has 1 heterocycles. The van der Waals surface area contributed by atoms with E-state index in [0.29, 0.717) is 13.1 Å². The van der Waals surface area contributed by atoms with E-state index in [1.165, 1.54) is 12.1 Å².